The van der Waals surface area contributed by atoms with Gasteiger partial charge in [0.25, 0.3) is 0 Å². The number of ether oxygens (including phenoxy) is 1. The van der Waals surface area contributed by atoms with Crippen molar-refractivity contribution in [3.8, 4) is 0 Å². The summed E-state index contributed by atoms with van der Waals surface area (Å²) >= 11 is 0. The van der Waals surface area contributed by atoms with Crippen LogP contribution in [0.15, 0.2) is 12.3 Å². The molecule has 0 aromatic carbocycles. The SMILES string of the molecule is CC(C)(C)[Si](C)(C)OC[C@@H]1O[C@H](N2C=CC(=O)CC2=O)[C@@H](F)C1=O. The van der Waals surface area contributed by atoms with E-state index in [1.54, 1.807) is 0 Å². The molecule has 6 nitrogen and oxygen atoms in total. The molecule has 2 rings (SSSR count). The predicted octanol–water partition coefficient (Wildman–Crippen LogP) is 1.96. The molecular weight excluding hydrogens is 333 g/mol. The number of alkyl halides is 1. The summed E-state index contributed by atoms with van der Waals surface area (Å²) in [5.74, 6) is -1.65. The van der Waals surface area contributed by atoms with Gasteiger partial charge in [0, 0.05) is 6.20 Å². The minimum atomic E-state index is -2.10. The van der Waals surface area contributed by atoms with Crippen molar-refractivity contribution in [3.05, 3.63) is 12.3 Å². The van der Waals surface area contributed by atoms with E-state index in [4.69, 9.17) is 9.16 Å². The number of Topliss-reactive ketones (excluding diaryl/α,β-unsaturated/α-hetero) is 1. The molecule has 2 aliphatic heterocycles. The lowest BCUT2D eigenvalue weighted by Crippen LogP contribution is -2.44. The van der Waals surface area contributed by atoms with Gasteiger partial charge in [-0.1, -0.05) is 20.8 Å². The molecule has 2 heterocycles. The fourth-order valence-corrected chi connectivity index (χ4v) is 3.22. The zero-order chi connectivity index (χ0) is 18.3. The molecule has 0 aliphatic carbocycles. The summed E-state index contributed by atoms with van der Waals surface area (Å²) in [5.41, 5.74) is 0. The van der Waals surface area contributed by atoms with E-state index in [9.17, 15) is 18.8 Å². The average Bonchev–Trinajstić information content (AvgIpc) is 2.72. The van der Waals surface area contributed by atoms with Gasteiger partial charge >= 0.3 is 0 Å². The summed E-state index contributed by atoms with van der Waals surface area (Å²) in [6.07, 6.45) is -2.31. The predicted molar refractivity (Wildman–Crippen MR) is 87.3 cm³/mol. The molecular formula is C16H24FNO5Si. The van der Waals surface area contributed by atoms with Gasteiger partial charge in [-0.25, -0.2) is 4.39 Å². The molecule has 8 heteroatoms. The number of nitrogens with zero attached hydrogens (tertiary/aromatic N) is 1. The van der Waals surface area contributed by atoms with E-state index in [0.29, 0.717) is 0 Å². The van der Waals surface area contributed by atoms with Crippen LogP contribution in [-0.2, 0) is 23.5 Å². The van der Waals surface area contributed by atoms with Gasteiger partial charge in [-0.3, -0.25) is 19.3 Å². The molecule has 2 aliphatic rings. The summed E-state index contributed by atoms with van der Waals surface area (Å²) in [7, 11) is -2.10. The van der Waals surface area contributed by atoms with E-state index in [-0.39, 0.29) is 23.8 Å². The van der Waals surface area contributed by atoms with Crippen LogP contribution >= 0.6 is 0 Å². The third-order valence-electron chi connectivity index (χ3n) is 4.85. The Balaban J connectivity index is 2.05. The minimum Gasteiger partial charge on any atom is -0.414 e. The third kappa shape index (κ3) is 3.65. The Hall–Kier alpha value is -1.38. The van der Waals surface area contributed by atoms with Crippen LogP contribution in [0.3, 0.4) is 0 Å². The van der Waals surface area contributed by atoms with E-state index in [1.807, 2.05) is 13.1 Å². The Bertz CT molecular complexity index is 584. The first kappa shape index (κ1) is 18.9. The number of halogens is 1. The maximum atomic E-state index is 14.3. The maximum absolute atomic E-state index is 14.3. The lowest BCUT2D eigenvalue weighted by atomic mass is 10.1. The van der Waals surface area contributed by atoms with Gasteiger partial charge in [0.2, 0.25) is 17.9 Å². The number of amides is 1. The molecule has 0 bridgehead atoms. The Kier molecular flexibility index (Phi) is 5.13. The molecule has 1 fully saturated rings. The van der Waals surface area contributed by atoms with Gasteiger partial charge in [0.15, 0.2) is 20.3 Å². The monoisotopic (exact) mass is 357 g/mol. The Morgan fingerprint density at radius 3 is 2.50 bits per heavy atom. The number of hydrogen-bond acceptors (Lipinski definition) is 5. The lowest BCUT2D eigenvalue weighted by Gasteiger charge is -2.36. The maximum Gasteiger partial charge on any atom is 0.236 e. The van der Waals surface area contributed by atoms with Crippen molar-refractivity contribution in [2.45, 2.75) is 63.8 Å². The minimum absolute atomic E-state index is 0.0308. The number of carbonyl (C=O) groups is 3. The molecule has 134 valence electrons. The van der Waals surface area contributed by atoms with Crippen LogP contribution in [0, 0.1) is 0 Å². The van der Waals surface area contributed by atoms with Crippen LogP contribution in [-0.4, -0.2) is 55.8 Å². The van der Waals surface area contributed by atoms with Crippen molar-refractivity contribution in [1.82, 2.24) is 4.90 Å². The quantitative estimate of drug-likeness (QED) is 0.568. The van der Waals surface area contributed by atoms with Gasteiger partial charge in [-0.05, 0) is 24.2 Å². The first-order valence-corrected chi connectivity index (χ1v) is 10.8. The van der Waals surface area contributed by atoms with Gasteiger partial charge in [-0.2, -0.15) is 0 Å². The molecule has 1 amide bonds. The second-order valence-electron chi connectivity index (χ2n) is 7.65. The first-order valence-electron chi connectivity index (χ1n) is 7.93. The highest BCUT2D eigenvalue weighted by molar-refractivity contribution is 6.74. The standard InChI is InChI=1S/C16H24FNO5Si/c1-16(2,3)24(4,5)22-9-11-14(21)13(17)15(23-11)18-7-6-10(19)8-12(18)20/h6-7,11,13,15H,8-9H2,1-5H3/t11-,13-,15-/m0/s1. The van der Waals surface area contributed by atoms with Crippen LogP contribution in [0.1, 0.15) is 27.2 Å². The third-order valence-corrected chi connectivity index (χ3v) is 9.35. The average molecular weight is 357 g/mol. The number of carbonyl (C=O) groups excluding carboxylic acids is 3. The van der Waals surface area contributed by atoms with E-state index in [2.05, 4.69) is 20.8 Å². The molecule has 24 heavy (non-hydrogen) atoms. The summed E-state index contributed by atoms with van der Waals surface area (Å²) in [5, 5.41) is -0.0465. The molecule has 0 unspecified atom stereocenters. The number of allylic oxidation sites excluding steroid dienone is 1. The topological polar surface area (TPSA) is 72.9 Å². The second-order valence-corrected chi connectivity index (χ2v) is 12.5. The van der Waals surface area contributed by atoms with E-state index in [1.165, 1.54) is 12.3 Å². The highest BCUT2D eigenvalue weighted by Crippen LogP contribution is 2.37. The summed E-state index contributed by atoms with van der Waals surface area (Å²) in [6, 6.07) is 0. The largest absolute Gasteiger partial charge is 0.414 e. The molecule has 1 saturated heterocycles. The highest BCUT2D eigenvalue weighted by Gasteiger charge is 2.49. The smallest absolute Gasteiger partial charge is 0.236 e. The fraction of sp³-hybridized carbons (Fsp3) is 0.688. The van der Waals surface area contributed by atoms with Gasteiger partial charge in [0.1, 0.15) is 6.10 Å². The normalized spacial score (nSPS) is 28.8. The first-order chi connectivity index (χ1) is 10.9. The van der Waals surface area contributed by atoms with Gasteiger partial charge < -0.3 is 9.16 Å². The van der Waals surface area contributed by atoms with Crippen molar-refractivity contribution in [2.75, 3.05) is 6.61 Å². The van der Waals surface area contributed by atoms with Crippen molar-refractivity contribution >= 4 is 25.8 Å². The molecule has 0 aromatic rings. The van der Waals surface area contributed by atoms with E-state index >= 15 is 0 Å². The highest BCUT2D eigenvalue weighted by atomic mass is 28.4. The second kappa shape index (κ2) is 6.49. The van der Waals surface area contributed by atoms with Crippen molar-refractivity contribution in [1.29, 1.82) is 0 Å². The molecule has 0 saturated carbocycles. The van der Waals surface area contributed by atoms with Crippen LogP contribution in [0.25, 0.3) is 0 Å². The van der Waals surface area contributed by atoms with Crippen LogP contribution in [0.4, 0.5) is 4.39 Å². The number of ketones is 2. The van der Waals surface area contributed by atoms with Gasteiger partial charge in [-0.15, -0.1) is 0 Å². The zero-order valence-electron chi connectivity index (χ0n) is 14.7. The van der Waals surface area contributed by atoms with Crippen LogP contribution < -0.4 is 0 Å². The summed E-state index contributed by atoms with van der Waals surface area (Å²) in [6.45, 7) is 10.2. The lowest BCUT2D eigenvalue weighted by molar-refractivity contribution is -0.146. The van der Waals surface area contributed by atoms with Crippen molar-refractivity contribution in [3.63, 3.8) is 0 Å². The molecule has 0 aromatic heterocycles. The summed E-state index contributed by atoms with van der Waals surface area (Å²) in [4.78, 5) is 36.2. The molecule has 0 spiro atoms. The molecule has 0 N–H and O–H groups in total. The van der Waals surface area contributed by atoms with Gasteiger partial charge in [0.05, 0.1) is 13.0 Å². The number of rotatable bonds is 4. The van der Waals surface area contributed by atoms with E-state index < -0.39 is 38.5 Å². The van der Waals surface area contributed by atoms with Crippen molar-refractivity contribution < 1.29 is 27.9 Å². The van der Waals surface area contributed by atoms with Crippen LogP contribution in [0.2, 0.25) is 18.1 Å². The fourth-order valence-electron chi connectivity index (χ4n) is 2.22. The number of hydrogen-bond donors (Lipinski definition) is 0. The van der Waals surface area contributed by atoms with E-state index in [0.717, 1.165) is 4.90 Å². The summed E-state index contributed by atoms with van der Waals surface area (Å²) < 4.78 is 25.7. The van der Waals surface area contributed by atoms with Crippen molar-refractivity contribution in [2.24, 2.45) is 0 Å². The Morgan fingerprint density at radius 1 is 1.33 bits per heavy atom. The van der Waals surface area contributed by atoms with Crippen LogP contribution in [0.5, 0.6) is 0 Å². The zero-order valence-corrected chi connectivity index (χ0v) is 15.7. The molecule has 3 atom stereocenters. The Labute approximate surface area is 142 Å². The molecule has 0 radical (unpaired) electrons. The Morgan fingerprint density at radius 2 is 1.96 bits per heavy atom.